The van der Waals surface area contributed by atoms with Crippen molar-refractivity contribution in [3.63, 3.8) is 0 Å². The van der Waals surface area contributed by atoms with Crippen LogP contribution in [0.1, 0.15) is 59.1 Å². The number of benzene rings is 1. The number of hydrogen-bond donors (Lipinski definition) is 1. The molecule has 1 saturated heterocycles. The zero-order valence-corrected chi connectivity index (χ0v) is 14.4. The molecule has 1 atom stereocenters. The molecule has 1 fully saturated rings. The van der Waals surface area contributed by atoms with E-state index in [4.69, 9.17) is 0 Å². The number of nitrogens with one attached hydrogen (secondary N) is 1. The van der Waals surface area contributed by atoms with Crippen molar-refractivity contribution in [1.29, 1.82) is 0 Å². The SMILES string of the molecule is CC1(C)CCN(C(CNC(C)(C)C)c2ccccc2)CC1. The summed E-state index contributed by atoms with van der Waals surface area (Å²) in [6, 6.07) is 11.5. The fraction of sp³-hybridized carbons (Fsp3) is 0.684. The molecule has 1 aliphatic heterocycles. The minimum atomic E-state index is 0.169. The maximum absolute atomic E-state index is 3.70. The van der Waals surface area contributed by atoms with Crippen molar-refractivity contribution in [1.82, 2.24) is 10.2 Å². The molecule has 0 saturated carbocycles. The smallest absolute Gasteiger partial charge is 0.0472 e. The van der Waals surface area contributed by atoms with Crippen LogP contribution in [-0.4, -0.2) is 30.1 Å². The third kappa shape index (κ3) is 5.12. The van der Waals surface area contributed by atoms with E-state index in [9.17, 15) is 0 Å². The molecular formula is C19H32N2. The van der Waals surface area contributed by atoms with Crippen molar-refractivity contribution in [2.24, 2.45) is 5.41 Å². The Kier molecular flexibility index (Phi) is 5.11. The molecule has 0 aromatic heterocycles. The molecule has 2 rings (SSSR count). The van der Waals surface area contributed by atoms with Crippen LogP contribution in [0.15, 0.2) is 30.3 Å². The molecule has 1 aliphatic rings. The van der Waals surface area contributed by atoms with Gasteiger partial charge in [0, 0.05) is 18.1 Å². The van der Waals surface area contributed by atoms with Crippen molar-refractivity contribution in [3.05, 3.63) is 35.9 Å². The first kappa shape index (κ1) is 16.5. The van der Waals surface area contributed by atoms with Gasteiger partial charge in [0.05, 0.1) is 0 Å². The Morgan fingerprint density at radius 3 is 2.19 bits per heavy atom. The molecule has 21 heavy (non-hydrogen) atoms. The number of nitrogens with zero attached hydrogens (tertiary/aromatic N) is 1. The van der Waals surface area contributed by atoms with Gasteiger partial charge in [0.1, 0.15) is 0 Å². The second-order valence-electron chi connectivity index (χ2n) is 8.26. The standard InChI is InChI=1S/C19H32N2/c1-18(2,3)20-15-17(16-9-7-6-8-10-16)21-13-11-19(4,5)12-14-21/h6-10,17,20H,11-15H2,1-5H3. The van der Waals surface area contributed by atoms with Crippen LogP contribution < -0.4 is 5.32 Å². The minimum Gasteiger partial charge on any atom is -0.310 e. The minimum absolute atomic E-state index is 0.169. The summed E-state index contributed by atoms with van der Waals surface area (Å²) >= 11 is 0. The average molecular weight is 288 g/mol. The molecule has 1 heterocycles. The molecule has 1 aromatic carbocycles. The predicted octanol–water partition coefficient (Wildman–Crippen LogP) is 4.24. The molecule has 0 aliphatic carbocycles. The highest BCUT2D eigenvalue weighted by Crippen LogP contribution is 2.33. The third-order valence-corrected chi connectivity index (χ3v) is 4.60. The predicted molar refractivity (Wildman–Crippen MR) is 91.5 cm³/mol. The van der Waals surface area contributed by atoms with Gasteiger partial charge in [-0.2, -0.15) is 0 Å². The van der Waals surface area contributed by atoms with Crippen LogP contribution in [0, 0.1) is 5.41 Å². The van der Waals surface area contributed by atoms with E-state index in [2.05, 4.69) is 75.2 Å². The number of rotatable bonds is 4. The highest BCUT2D eigenvalue weighted by atomic mass is 15.2. The van der Waals surface area contributed by atoms with Crippen LogP contribution in [0.2, 0.25) is 0 Å². The summed E-state index contributed by atoms with van der Waals surface area (Å²) in [7, 11) is 0. The van der Waals surface area contributed by atoms with Gasteiger partial charge < -0.3 is 5.32 Å². The van der Waals surface area contributed by atoms with Crippen LogP contribution in [-0.2, 0) is 0 Å². The Hall–Kier alpha value is -0.860. The van der Waals surface area contributed by atoms with E-state index in [1.165, 1.54) is 31.5 Å². The van der Waals surface area contributed by atoms with Gasteiger partial charge in [-0.3, -0.25) is 4.90 Å². The second kappa shape index (κ2) is 6.50. The van der Waals surface area contributed by atoms with E-state index >= 15 is 0 Å². The van der Waals surface area contributed by atoms with Crippen LogP contribution >= 0.6 is 0 Å². The summed E-state index contributed by atoms with van der Waals surface area (Å²) in [5, 5.41) is 3.70. The van der Waals surface area contributed by atoms with E-state index < -0.39 is 0 Å². The largest absolute Gasteiger partial charge is 0.310 e. The van der Waals surface area contributed by atoms with Gasteiger partial charge in [0.15, 0.2) is 0 Å². The molecule has 118 valence electrons. The lowest BCUT2D eigenvalue weighted by atomic mass is 9.82. The summed E-state index contributed by atoms with van der Waals surface area (Å²) in [6.07, 6.45) is 2.59. The lowest BCUT2D eigenvalue weighted by molar-refractivity contribution is 0.0896. The lowest BCUT2D eigenvalue weighted by Crippen LogP contribution is -2.46. The number of hydrogen-bond acceptors (Lipinski definition) is 2. The lowest BCUT2D eigenvalue weighted by Gasteiger charge is -2.42. The van der Waals surface area contributed by atoms with Gasteiger partial charge in [-0.05, 0) is 57.7 Å². The van der Waals surface area contributed by atoms with Crippen molar-refractivity contribution in [2.45, 2.75) is 59.0 Å². The zero-order valence-electron chi connectivity index (χ0n) is 14.4. The van der Waals surface area contributed by atoms with Crippen molar-refractivity contribution in [2.75, 3.05) is 19.6 Å². The van der Waals surface area contributed by atoms with Crippen molar-refractivity contribution in [3.8, 4) is 0 Å². The molecule has 1 unspecified atom stereocenters. The number of piperidine rings is 1. The fourth-order valence-electron chi connectivity index (χ4n) is 2.98. The molecule has 1 N–H and O–H groups in total. The first-order valence-electron chi connectivity index (χ1n) is 8.31. The molecule has 0 bridgehead atoms. The van der Waals surface area contributed by atoms with Gasteiger partial charge in [-0.1, -0.05) is 44.2 Å². The molecule has 2 heteroatoms. The molecule has 0 amide bonds. The molecule has 0 radical (unpaired) electrons. The Labute approximate surface area is 130 Å². The van der Waals surface area contributed by atoms with Crippen LogP contribution in [0.3, 0.4) is 0 Å². The molecule has 0 spiro atoms. The second-order valence-corrected chi connectivity index (χ2v) is 8.26. The Morgan fingerprint density at radius 2 is 1.67 bits per heavy atom. The molecular weight excluding hydrogens is 256 g/mol. The van der Waals surface area contributed by atoms with Gasteiger partial charge in [-0.15, -0.1) is 0 Å². The van der Waals surface area contributed by atoms with Crippen LogP contribution in [0.25, 0.3) is 0 Å². The van der Waals surface area contributed by atoms with E-state index in [0.29, 0.717) is 11.5 Å². The van der Waals surface area contributed by atoms with Crippen molar-refractivity contribution >= 4 is 0 Å². The molecule has 2 nitrogen and oxygen atoms in total. The van der Waals surface area contributed by atoms with Gasteiger partial charge in [-0.25, -0.2) is 0 Å². The summed E-state index contributed by atoms with van der Waals surface area (Å²) in [5.41, 5.74) is 2.12. The van der Waals surface area contributed by atoms with Crippen LogP contribution in [0.5, 0.6) is 0 Å². The maximum Gasteiger partial charge on any atom is 0.0472 e. The zero-order chi connectivity index (χ0) is 15.5. The van der Waals surface area contributed by atoms with Gasteiger partial charge in [0.25, 0.3) is 0 Å². The summed E-state index contributed by atoms with van der Waals surface area (Å²) in [4.78, 5) is 2.67. The monoisotopic (exact) mass is 288 g/mol. The summed E-state index contributed by atoms with van der Waals surface area (Å²) in [6.45, 7) is 15.0. The van der Waals surface area contributed by atoms with Crippen LogP contribution in [0.4, 0.5) is 0 Å². The molecule has 1 aromatic rings. The van der Waals surface area contributed by atoms with E-state index in [1.54, 1.807) is 0 Å². The normalized spacial score (nSPS) is 21.2. The third-order valence-electron chi connectivity index (χ3n) is 4.60. The fourth-order valence-corrected chi connectivity index (χ4v) is 2.98. The average Bonchev–Trinajstić information content (AvgIpc) is 2.40. The van der Waals surface area contributed by atoms with Gasteiger partial charge >= 0.3 is 0 Å². The van der Waals surface area contributed by atoms with Gasteiger partial charge in [0.2, 0.25) is 0 Å². The summed E-state index contributed by atoms with van der Waals surface area (Å²) < 4.78 is 0. The summed E-state index contributed by atoms with van der Waals surface area (Å²) in [5.74, 6) is 0. The van der Waals surface area contributed by atoms with Crippen molar-refractivity contribution < 1.29 is 0 Å². The first-order valence-corrected chi connectivity index (χ1v) is 8.31. The highest BCUT2D eigenvalue weighted by molar-refractivity contribution is 5.20. The topological polar surface area (TPSA) is 15.3 Å². The highest BCUT2D eigenvalue weighted by Gasteiger charge is 2.30. The number of likely N-dealkylation sites (tertiary alicyclic amines) is 1. The maximum atomic E-state index is 3.70. The van der Waals surface area contributed by atoms with E-state index in [-0.39, 0.29) is 5.54 Å². The quantitative estimate of drug-likeness (QED) is 0.891. The Balaban J connectivity index is 2.09. The Morgan fingerprint density at radius 1 is 1.10 bits per heavy atom. The van der Waals surface area contributed by atoms with E-state index in [1.807, 2.05) is 0 Å². The first-order chi connectivity index (χ1) is 9.77. The Bertz CT molecular complexity index is 421. The van der Waals surface area contributed by atoms with E-state index in [0.717, 1.165) is 6.54 Å².